The maximum atomic E-state index is 12.8. The van der Waals surface area contributed by atoms with Crippen molar-refractivity contribution in [3.05, 3.63) is 0 Å². The Morgan fingerprint density at radius 1 is 0.526 bits per heavy atom. The third kappa shape index (κ3) is 11.2. The van der Waals surface area contributed by atoms with Crippen molar-refractivity contribution < 1.29 is 28.5 Å². The lowest BCUT2D eigenvalue weighted by Gasteiger charge is -2.33. The Bertz CT molecular complexity index is 647. The number of ether oxygens (including phenoxy) is 4. The summed E-state index contributed by atoms with van der Waals surface area (Å²) in [5.74, 6) is 1.55. The minimum Gasteiger partial charge on any atom is -0.379 e. The second kappa shape index (κ2) is 17.8. The molecule has 0 saturated carbocycles. The van der Waals surface area contributed by atoms with E-state index in [0.717, 1.165) is 77.2 Å². The summed E-state index contributed by atoms with van der Waals surface area (Å²) >= 11 is 2.88. The molecule has 4 aliphatic rings. The molecule has 2 amide bonds. The Balaban J connectivity index is 1.31. The number of thioether (sulfide) groups is 2. The third-order valence-corrected chi connectivity index (χ3v) is 12.6. The molecule has 2 atom stereocenters. The smallest absolute Gasteiger partial charge is 0.281 e. The van der Waals surface area contributed by atoms with E-state index in [-0.39, 0.29) is 10.5 Å². The van der Waals surface area contributed by atoms with Crippen molar-refractivity contribution in [2.75, 3.05) is 130 Å². The van der Waals surface area contributed by atoms with Crippen LogP contribution in [0.5, 0.6) is 0 Å². The van der Waals surface area contributed by atoms with Gasteiger partial charge in [0.2, 0.25) is 0 Å². The van der Waals surface area contributed by atoms with Crippen LogP contribution in [0.2, 0.25) is 0 Å². The van der Waals surface area contributed by atoms with E-state index in [1.165, 1.54) is 23.5 Å². The largest absolute Gasteiger partial charge is 0.379 e. The quantitative estimate of drug-likeness (QED) is 0.322. The van der Waals surface area contributed by atoms with E-state index in [1.807, 2.05) is 31.4 Å². The molecule has 4 heterocycles. The molecule has 0 spiro atoms. The lowest BCUT2D eigenvalue weighted by molar-refractivity contribution is 0.0386. The van der Waals surface area contributed by atoms with Crippen LogP contribution in [-0.2, 0) is 18.9 Å². The van der Waals surface area contributed by atoms with Gasteiger partial charge in [0.15, 0.2) is 0 Å². The van der Waals surface area contributed by atoms with Gasteiger partial charge in [0.05, 0.1) is 52.9 Å². The summed E-state index contributed by atoms with van der Waals surface area (Å²) in [7, 11) is 3.78. The molecule has 2 unspecified atom stereocenters. The van der Waals surface area contributed by atoms with Crippen molar-refractivity contribution in [2.24, 2.45) is 0 Å². The van der Waals surface area contributed by atoms with Gasteiger partial charge >= 0.3 is 0 Å². The average Bonchev–Trinajstić information content (AvgIpc) is 2.98. The lowest BCUT2D eigenvalue weighted by atomic mass is 10.3. The van der Waals surface area contributed by atoms with Gasteiger partial charge in [-0.2, -0.15) is 0 Å². The van der Waals surface area contributed by atoms with Gasteiger partial charge in [-0.05, 0) is 0 Å². The van der Waals surface area contributed by atoms with Crippen molar-refractivity contribution in [1.82, 2.24) is 19.6 Å². The zero-order valence-corrected chi connectivity index (χ0v) is 25.4. The molecular formula is C24H42N4O6S4. The van der Waals surface area contributed by atoms with Gasteiger partial charge in [-0.15, -0.1) is 0 Å². The molecule has 0 N–H and O–H groups in total. The normalized spacial score (nSPS) is 23.8. The van der Waals surface area contributed by atoms with Crippen molar-refractivity contribution in [2.45, 2.75) is 10.5 Å². The summed E-state index contributed by atoms with van der Waals surface area (Å²) in [4.78, 5) is 34.4. The molecule has 0 bridgehead atoms. The van der Waals surface area contributed by atoms with Crippen molar-refractivity contribution in [3.63, 3.8) is 0 Å². The highest BCUT2D eigenvalue weighted by Crippen LogP contribution is 2.36. The van der Waals surface area contributed by atoms with Gasteiger partial charge in [-0.3, -0.25) is 19.4 Å². The predicted octanol–water partition coefficient (Wildman–Crippen LogP) is 2.14. The molecule has 4 rings (SSSR count). The highest BCUT2D eigenvalue weighted by atomic mass is 33.1. The first-order valence-electron chi connectivity index (χ1n) is 13.6. The summed E-state index contributed by atoms with van der Waals surface area (Å²) in [5, 5.41) is 0.922. The van der Waals surface area contributed by atoms with Crippen LogP contribution in [0.1, 0.15) is 0 Å². The molecule has 0 aliphatic carbocycles. The van der Waals surface area contributed by atoms with Crippen LogP contribution in [0.15, 0.2) is 0 Å². The molecule has 0 aromatic carbocycles. The van der Waals surface area contributed by atoms with E-state index in [1.54, 1.807) is 0 Å². The summed E-state index contributed by atoms with van der Waals surface area (Å²) in [6.07, 6.45) is 0. The molecule has 0 aromatic rings. The maximum Gasteiger partial charge on any atom is 0.281 e. The van der Waals surface area contributed by atoms with Gasteiger partial charge < -0.3 is 28.7 Å². The van der Waals surface area contributed by atoms with Crippen molar-refractivity contribution in [1.29, 1.82) is 0 Å². The Kier molecular flexibility index (Phi) is 14.6. The second-order valence-electron chi connectivity index (χ2n) is 9.62. The van der Waals surface area contributed by atoms with Crippen LogP contribution in [0.4, 0.5) is 9.59 Å². The highest BCUT2D eigenvalue weighted by Gasteiger charge is 2.26. The molecule has 38 heavy (non-hydrogen) atoms. The zero-order chi connectivity index (χ0) is 26.4. The Morgan fingerprint density at radius 3 is 1.18 bits per heavy atom. The number of amides is 2. The molecule has 0 aromatic heterocycles. The third-order valence-electron chi connectivity index (χ3n) is 6.78. The van der Waals surface area contributed by atoms with Crippen LogP contribution >= 0.6 is 45.1 Å². The standard InChI is InChI=1S/C24H42N4O6S4/c29-23(27-5-13-33-14-6-27)35-19-21(17-25-1-9-31-10-2-25)37-38-22(18-26-3-11-32-12-4-26)20-36-24(30)28-7-15-34-16-8-28/h21-22H,1-20H2. The fourth-order valence-corrected chi connectivity index (χ4v) is 10.1. The van der Waals surface area contributed by atoms with E-state index >= 15 is 0 Å². The fraction of sp³-hybridized carbons (Fsp3) is 0.917. The fourth-order valence-electron chi connectivity index (χ4n) is 4.53. The monoisotopic (exact) mass is 610 g/mol. The van der Waals surface area contributed by atoms with Crippen LogP contribution in [0.3, 0.4) is 0 Å². The van der Waals surface area contributed by atoms with E-state index in [2.05, 4.69) is 9.80 Å². The number of carbonyl (C=O) groups excluding carboxylic acids is 2. The molecule has 4 aliphatic heterocycles. The van der Waals surface area contributed by atoms with Crippen LogP contribution in [0.25, 0.3) is 0 Å². The van der Waals surface area contributed by atoms with E-state index in [0.29, 0.717) is 63.1 Å². The lowest BCUT2D eigenvalue weighted by Crippen LogP contribution is -2.42. The van der Waals surface area contributed by atoms with Gasteiger partial charge in [0, 0.05) is 87.5 Å². The minimum absolute atomic E-state index is 0.155. The topological polar surface area (TPSA) is 84.0 Å². The van der Waals surface area contributed by atoms with Crippen molar-refractivity contribution in [3.8, 4) is 0 Å². The molecule has 14 heteroatoms. The van der Waals surface area contributed by atoms with Crippen LogP contribution in [-0.4, -0.2) is 170 Å². The Morgan fingerprint density at radius 2 is 0.842 bits per heavy atom. The first-order valence-corrected chi connectivity index (χ1v) is 17.8. The number of rotatable bonds is 11. The van der Waals surface area contributed by atoms with E-state index < -0.39 is 0 Å². The van der Waals surface area contributed by atoms with Gasteiger partial charge in [-0.1, -0.05) is 45.1 Å². The molecule has 4 fully saturated rings. The predicted molar refractivity (Wildman–Crippen MR) is 158 cm³/mol. The van der Waals surface area contributed by atoms with Gasteiger partial charge in [0.25, 0.3) is 10.5 Å². The molecule has 0 radical (unpaired) electrons. The van der Waals surface area contributed by atoms with Crippen LogP contribution in [0, 0.1) is 0 Å². The average molecular weight is 611 g/mol. The van der Waals surface area contributed by atoms with Gasteiger partial charge in [0.1, 0.15) is 0 Å². The molecule has 218 valence electrons. The molecular weight excluding hydrogens is 569 g/mol. The van der Waals surface area contributed by atoms with E-state index in [4.69, 9.17) is 18.9 Å². The number of nitrogens with zero attached hydrogens (tertiary/aromatic N) is 4. The Hall–Kier alpha value is 0.1000. The summed E-state index contributed by atoms with van der Waals surface area (Å²) in [6.45, 7) is 13.9. The van der Waals surface area contributed by atoms with Gasteiger partial charge in [-0.25, -0.2) is 0 Å². The zero-order valence-electron chi connectivity index (χ0n) is 22.2. The number of hydrogen-bond acceptors (Lipinski definition) is 12. The van der Waals surface area contributed by atoms with E-state index in [9.17, 15) is 9.59 Å². The summed E-state index contributed by atoms with van der Waals surface area (Å²) in [5.41, 5.74) is 0. The first kappa shape index (κ1) is 31.0. The Labute approximate surface area is 243 Å². The minimum atomic E-state index is 0.155. The summed E-state index contributed by atoms with van der Waals surface area (Å²) < 4.78 is 21.9. The number of hydrogen-bond donors (Lipinski definition) is 0. The summed E-state index contributed by atoms with van der Waals surface area (Å²) in [6, 6.07) is 0. The SMILES string of the molecule is O=C(SCC(CN1CCOCC1)SSC(CSC(=O)N1CCOCC1)CN1CCOCC1)N1CCOCC1. The van der Waals surface area contributed by atoms with Crippen molar-refractivity contribution >= 4 is 55.6 Å². The van der Waals surface area contributed by atoms with Crippen LogP contribution < -0.4 is 0 Å². The molecule has 4 saturated heterocycles. The number of carbonyl (C=O) groups is 2. The highest BCUT2D eigenvalue weighted by molar-refractivity contribution is 8.77. The number of morpholine rings is 4. The maximum absolute atomic E-state index is 12.8. The second-order valence-corrected chi connectivity index (χ2v) is 14.4. The first-order chi connectivity index (χ1) is 18.7. The molecule has 10 nitrogen and oxygen atoms in total.